The van der Waals surface area contributed by atoms with Crippen molar-refractivity contribution in [2.75, 3.05) is 0 Å². The van der Waals surface area contributed by atoms with Crippen LogP contribution in [0.25, 0.3) is 11.5 Å². The average Bonchev–Trinajstić information content (AvgIpc) is 3.41. The third-order valence-electron chi connectivity index (χ3n) is 5.34. The number of nitrogens with one attached hydrogen (secondary N) is 1. The zero-order valence-electron chi connectivity index (χ0n) is 15.9. The van der Waals surface area contributed by atoms with Crippen LogP contribution in [-0.2, 0) is 13.0 Å². The summed E-state index contributed by atoms with van der Waals surface area (Å²) < 4.78 is 17.5. The molecule has 146 valence electrons. The van der Waals surface area contributed by atoms with Gasteiger partial charge in [-0.3, -0.25) is 0 Å². The van der Waals surface area contributed by atoms with Crippen molar-refractivity contribution < 1.29 is 4.39 Å². The van der Waals surface area contributed by atoms with Crippen molar-refractivity contribution in [1.29, 1.82) is 0 Å². The number of fused-ring (bicyclic) bond motifs is 1. The molecule has 0 spiro atoms. The molecule has 3 heterocycles. The van der Waals surface area contributed by atoms with Crippen LogP contribution in [-0.4, -0.2) is 24.5 Å². The summed E-state index contributed by atoms with van der Waals surface area (Å²) >= 11 is 0. The molecule has 0 unspecified atom stereocenters. The second kappa shape index (κ2) is 7.60. The van der Waals surface area contributed by atoms with Crippen molar-refractivity contribution in [3.05, 3.63) is 89.9 Å². The molecule has 7 heteroatoms. The summed E-state index contributed by atoms with van der Waals surface area (Å²) in [6.45, 7) is 0.660. The summed E-state index contributed by atoms with van der Waals surface area (Å²) in [5.74, 6) is 0.564. The van der Waals surface area contributed by atoms with Gasteiger partial charge in [-0.1, -0.05) is 18.2 Å². The highest BCUT2D eigenvalue weighted by Crippen LogP contribution is 2.31. The van der Waals surface area contributed by atoms with Crippen molar-refractivity contribution in [3.63, 3.8) is 0 Å². The Balaban J connectivity index is 1.32. The van der Waals surface area contributed by atoms with Crippen LogP contribution in [0.4, 0.5) is 4.39 Å². The number of nitrogens with zero attached hydrogens (tertiary/aromatic N) is 5. The summed E-state index contributed by atoms with van der Waals surface area (Å²) in [4.78, 5) is 4.42. The number of benzene rings is 1. The van der Waals surface area contributed by atoms with Gasteiger partial charge >= 0.3 is 0 Å². The standard InChI is InChI=1S/C22H21FN6/c23-18-6-1-2-8-21(18)28-15-16(13-26-28)12-25-19-7-5-9-20-17(19)14-27-29(20)22-10-3-4-11-24-22/h1-4,6,8,10-11,13-15,19,25H,5,7,9,12H2/t19-/m0/s1. The van der Waals surface area contributed by atoms with Gasteiger partial charge in [0.1, 0.15) is 11.5 Å². The van der Waals surface area contributed by atoms with Crippen molar-refractivity contribution in [3.8, 4) is 11.5 Å². The number of hydrogen-bond acceptors (Lipinski definition) is 4. The lowest BCUT2D eigenvalue weighted by Crippen LogP contribution is -2.25. The molecule has 1 N–H and O–H groups in total. The third kappa shape index (κ3) is 3.45. The molecular formula is C22H21FN6. The fourth-order valence-electron chi connectivity index (χ4n) is 3.91. The highest BCUT2D eigenvalue weighted by molar-refractivity contribution is 5.34. The van der Waals surface area contributed by atoms with Crippen molar-refractivity contribution >= 4 is 0 Å². The summed E-state index contributed by atoms with van der Waals surface area (Å²) in [6.07, 6.45) is 10.5. The highest BCUT2D eigenvalue weighted by atomic mass is 19.1. The van der Waals surface area contributed by atoms with Gasteiger partial charge in [-0.15, -0.1) is 0 Å². The number of aromatic nitrogens is 5. The maximum Gasteiger partial charge on any atom is 0.153 e. The molecule has 1 aliphatic rings. The number of para-hydroxylation sites is 1. The number of rotatable bonds is 5. The minimum atomic E-state index is -0.283. The van der Waals surface area contributed by atoms with Gasteiger partial charge in [0.15, 0.2) is 5.82 Å². The van der Waals surface area contributed by atoms with Crippen molar-refractivity contribution in [1.82, 2.24) is 29.9 Å². The smallest absolute Gasteiger partial charge is 0.153 e. The Morgan fingerprint density at radius 2 is 1.97 bits per heavy atom. The summed E-state index contributed by atoms with van der Waals surface area (Å²) in [5.41, 5.74) is 3.91. The Morgan fingerprint density at radius 1 is 1.07 bits per heavy atom. The molecule has 29 heavy (non-hydrogen) atoms. The van der Waals surface area contributed by atoms with Gasteiger partial charge in [-0.25, -0.2) is 18.7 Å². The van der Waals surface area contributed by atoms with E-state index in [0.717, 1.165) is 30.6 Å². The number of halogens is 1. The monoisotopic (exact) mass is 388 g/mol. The third-order valence-corrected chi connectivity index (χ3v) is 5.34. The zero-order valence-corrected chi connectivity index (χ0v) is 15.9. The van der Waals surface area contributed by atoms with Gasteiger partial charge in [-0.2, -0.15) is 10.2 Å². The van der Waals surface area contributed by atoms with Crippen LogP contribution in [0, 0.1) is 5.82 Å². The molecule has 0 saturated carbocycles. The van der Waals surface area contributed by atoms with Crippen LogP contribution < -0.4 is 5.32 Å². The zero-order chi connectivity index (χ0) is 19.6. The second-order valence-electron chi connectivity index (χ2n) is 7.22. The van der Waals surface area contributed by atoms with Crippen LogP contribution in [0.3, 0.4) is 0 Å². The molecular weight excluding hydrogens is 367 g/mol. The molecule has 0 amide bonds. The van der Waals surface area contributed by atoms with Crippen LogP contribution >= 0.6 is 0 Å². The lowest BCUT2D eigenvalue weighted by Gasteiger charge is -2.24. The largest absolute Gasteiger partial charge is 0.306 e. The Hall–Kier alpha value is -3.32. The molecule has 0 saturated heterocycles. The van der Waals surface area contributed by atoms with Crippen molar-refractivity contribution in [2.45, 2.75) is 31.8 Å². The molecule has 0 radical (unpaired) electrons. The Labute approximate surface area is 168 Å². The quantitative estimate of drug-likeness (QED) is 0.566. The normalized spacial score (nSPS) is 16.0. The van der Waals surface area contributed by atoms with E-state index >= 15 is 0 Å². The molecule has 6 nitrogen and oxygen atoms in total. The van der Waals surface area contributed by atoms with E-state index in [9.17, 15) is 4.39 Å². The maximum absolute atomic E-state index is 14.0. The summed E-state index contributed by atoms with van der Waals surface area (Å²) in [6, 6.07) is 12.7. The van der Waals surface area contributed by atoms with Crippen LogP contribution in [0.5, 0.6) is 0 Å². The molecule has 1 atom stereocenters. The van der Waals surface area contributed by atoms with Crippen LogP contribution in [0.2, 0.25) is 0 Å². The highest BCUT2D eigenvalue weighted by Gasteiger charge is 2.24. The number of hydrogen-bond donors (Lipinski definition) is 1. The predicted molar refractivity (Wildman–Crippen MR) is 107 cm³/mol. The molecule has 0 fully saturated rings. The molecule has 5 rings (SSSR count). The lowest BCUT2D eigenvalue weighted by atomic mass is 9.93. The van der Waals surface area contributed by atoms with Crippen LogP contribution in [0.1, 0.15) is 35.7 Å². The molecule has 0 bridgehead atoms. The van der Waals surface area contributed by atoms with Gasteiger partial charge in [-0.05, 0) is 43.5 Å². The molecule has 0 aliphatic heterocycles. The average molecular weight is 388 g/mol. The van der Waals surface area contributed by atoms with E-state index in [4.69, 9.17) is 0 Å². The minimum absolute atomic E-state index is 0.230. The van der Waals surface area contributed by atoms with Gasteiger partial charge in [0.25, 0.3) is 0 Å². The van der Waals surface area contributed by atoms with E-state index in [1.165, 1.54) is 17.3 Å². The molecule has 1 aromatic carbocycles. The maximum atomic E-state index is 14.0. The van der Waals surface area contributed by atoms with Crippen molar-refractivity contribution in [2.24, 2.45) is 0 Å². The second-order valence-corrected chi connectivity index (χ2v) is 7.22. The van der Waals surface area contributed by atoms with Gasteiger partial charge in [0.2, 0.25) is 0 Å². The van der Waals surface area contributed by atoms with E-state index in [2.05, 4.69) is 20.5 Å². The first-order chi connectivity index (χ1) is 14.3. The first-order valence-electron chi connectivity index (χ1n) is 9.79. The predicted octanol–water partition coefficient (Wildman–Crippen LogP) is 3.76. The molecule has 4 aromatic rings. The van der Waals surface area contributed by atoms with E-state index in [1.807, 2.05) is 35.3 Å². The summed E-state index contributed by atoms with van der Waals surface area (Å²) in [7, 11) is 0. The van der Waals surface area contributed by atoms with Gasteiger partial charge in [0, 0.05) is 36.1 Å². The molecule has 3 aromatic heterocycles. The van der Waals surface area contributed by atoms with E-state index in [0.29, 0.717) is 12.2 Å². The number of pyridine rings is 1. The topological polar surface area (TPSA) is 60.6 Å². The van der Waals surface area contributed by atoms with Crippen LogP contribution in [0.15, 0.2) is 67.3 Å². The first kappa shape index (κ1) is 17.8. The Morgan fingerprint density at radius 3 is 2.83 bits per heavy atom. The SMILES string of the molecule is Fc1ccccc1-n1cc(CN[C@H]2CCCc3c2cnn3-c2ccccn2)cn1. The Kier molecular flexibility index (Phi) is 4.65. The Bertz CT molecular complexity index is 1120. The van der Waals surface area contributed by atoms with E-state index in [-0.39, 0.29) is 11.9 Å². The van der Waals surface area contributed by atoms with E-state index in [1.54, 1.807) is 35.3 Å². The van der Waals surface area contributed by atoms with E-state index < -0.39 is 0 Å². The van der Waals surface area contributed by atoms with Gasteiger partial charge in [0.05, 0.1) is 18.1 Å². The molecule has 1 aliphatic carbocycles. The lowest BCUT2D eigenvalue weighted by molar-refractivity contribution is 0.454. The van der Waals surface area contributed by atoms with Gasteiger partial charge < -0.3 is 5.32 Å². The fraction of sp³-hybridized carbons (Fsp3) is 0.227. The fourth-order valence-corrected chi connectivity index (χ4v) is 3.91. The first-order valence-corrected chi connectivity index (χ1v) is 9.79. The minimum Gasteiger partial charge on any atom is -0.306 e. The summed E-state index contributed by atoms with van der Waals surface area (Å²) in [5, 5.41) is 12.5.